The Morgan fingerprint density at radius 3 is 2.19 bits per heavy atom. The van der Waals surface area contributed by atoms with Crippen molar-refractivity contribution >= 4 is 17.6 Å². The number of nitriles is 1. The molecule has 0 bridgehead atoms. The molecule has 2 fully saturated rings. The average Bonchev–Trinajstić information content (AvgIpc) is 3.25. The van der Waals surface area contributed by atoms with Crippen molar-refractivity contribution in [3.05, 3.63) is 53.5 Å². The highest BCUT2D eigenvalue weighted by molar-refractivity contribution is 5.91. The summed E-state index contributed by atoms with van der Waals surface area (Å²) in [5.74, 6) is 0.944. The number of carbonyl (C=O) groups is 2. The minimum atomic E-state index is -0.122. The molecule has 1 aromatic carbocycles. The quantitative estimate of drug-likeness (QED) is 0.822. The number of nitrogens with one attached hydrogen (secondary N) is 1. The number of aryl methyl sites for hydroxylation is 1. The van der Waals surface area contributed by atoms with E-state index in [1.807, 2.05) is 31.2 Å². The molecule has 8 heteroatoms. The van der Waals surface area contributed by atoms with E-state index in [-0.39, 0.29) is 18.0 Å². The molecule has 2 saturated heterocycles. The van der Waals surface area contributed by atoms with Crippen molar-refractivity contribution in [3.63, 3.8) is 0 Å². The van der Waals surface area contributed by atoms with Crippen molar-refractivity contribution in [3.8, 4) is 6.07 Å². The number of rotatable bonds is 3. The Morgan fingerprint density at radius 2 is 1.61 bits per heavy atom. The molecule has 2 aliphatic rings. The van der Waals surface area contributed by atoms with Gasteiger partial charge in [-0.1, -0.05) is 0 Å². The molecule has 162 valence electrons. The van der Waals surface area contributed by atoms with Gasteiger partial charge in [-0.25, -0.2) is 4.79 Å². The summed E-state index contributed by atoms with van der Waals surface area (Å²) in [6, 6.07) is 13.3. The fourth-order valence-corrected chi connectivity index (χ4v) is 4.11. The number of piperidine rings is 1. The highest BCUT2D eigenvalue weighted by atomic mass is 16.3. The first-order valence-electron chi connectivity index (χ1n) is 10.7. The zero-order valence-corrected chi connectivity index (χ0v) is 17.7. The molecule has 3 amide bonds. The number of nitrogens with zero attached hydrogens (tertiary/aromatic N) is 4. The molecule has 0 spiro atoms. The van der Waals surface area contributed by atoms with E-state index in [9.17, 15) is 9.59 Å². The maximum atomic E-state index is 12.7. The Labute approximate surface area is 182 Å². The molecule has 0 atom stereocenters. The van der Waals surface area contributed by atoms with Crippen molar-refractivity contribution in [1.29, 1.82) is 5.26 Å². The maximum Gasteiger partial charge on any atom is 0.317 e. The molecule has 2 aromatic rings. The standard InChI is InChI=1S/C23H27N5O3/c1-17-2-7-21(31-17)22(29)27-12-14-28(15-13-27)23(30)25-19-8-10-26(11-9-19)20-5-3-18(16-24)4-6-20/h2-7,19H,8-15H2,1H3,(H,25,30). The lowest BCUT2D eigenvalue weighted by molar-refractivity contribution is 0.0631. The molecule has 31 heavy (non-hydrogen) atoms. The van der Waals surface area contributed by atoms with E-state index in [0.717, 1.165) is 31.6 Å². The molecule has 3 heterocycles. The lowest BCUT2D eigenvalue weighted by Crippen LogP contribution is -2.55. The first-order chi connectivity index (χ1) is 15.0. The lowest BCUT2D eigenvalue weighted by atomic mass is 10.0. The van der Waals surface area contributed by atoms with Crippen molar-refractivity contribution in [1.82, 2.24) is 15.1 Å². The normalized spacial score (nSPS) is 17.4. The maximum absolute atomic E-state index is 12.7. The summed E-state index contributed by atoms with van der Waals surface area (Å²) in [5.41, 5.74) is 1.77. The fraction of sp³-hybridized carbons (Fsp3) is 0.435. The predicted octanol–water partition coefficient (Wildman–Crippen LogP) is 2.60. The summed E-state index contributed by atoms with van der Waals surface area (Å²) in [5, 5.41) is 12.1. The third-order valence-electron chi connectivity index (χ3n) is 5.99. The monoisotopic (exact) mass is 421 g/mol. The number of furan rings is 1. The van der Waals surface area contributed by atoms with Crippen molar-refractivity contribution < 1.29 is 14.0 Å². The van der Waals surface area contributed by atoms with Gasteiger partial charge in [0.05, 0.1) is 11.6 Å². The van der Waals surface area contributed by atoms with Crippen LogP contribution in [0.4, 0.5) is 10.5 Å². The van der Waals surface area contributed by atoms with E-state index in [2.05, 4.69) is 16.3 Å². The van der Waals surface area contributed by atoms with Crippen LogP contribution in [0.2, 0.25) is 0 Å². The second kappa shape index (κ2) is 9.13. The van der Waals surface area contributed by atoms with Crippen LogP contribution in [-0.2, 0) is 0 Å². The zero-order chi connectivity index (χ0) is 21.8. The minimum Gasteiger partial charge on any atom is -0.456 e. The van der Waals surface area contributed by atoms with Crippen LogP contribution in [0.1, 0.15) is 34.7 Å². The van der Waals surface area contributed by atoms with Crippen LogP contribution in [0.25, 0.3) is 0 Å². The van der Waals surface area contributed by atoms with Gasteiger partial charge in [0, 0.05) is 51.0 Å². The fourth-order valence-electron chi connectivity index (χ4n) is 4.11. The molecule has 1 N–H and O–H groups in total. The number of anilines is 1. The summed E-state index contributed by atoms with van der Waals surface area (Å²) >= 11 is 0. The van der Waals surface area contributed by atoms with Gasteiger partial charge in [0.15, 0.2) is 5.76 Å². The first-order valence-corrected chi connectivity index (χ1v) is 10.7. The summed E-state index contributed by atoms with van der Waals surface area (Å²) in [6.07, 6.45) is 1.75. The number of benzene rings is 1. The van der Waals surface area contributed by atoms with Crippen LogP contribution in [0.15, 0.2) is 40.8 Å². The molecular weight excluding hydrogens is 394 g/mol. The van der Waals surface area contributed by atoms with Crippen LogP contribution in [0, 0.1) is 18.3 Å². The van der Waals surface area contributed by atoms with Gasteiger partial charge in [0.2, 0.25) is 0 Å². The van der Waals surface area contributed by atoms with Gasteiger partial charge in [0.1, 0.15) is 5.76 Å². The molecule has 4 rings (SSSR count). The Hall–Kier alpha value is -3.47. The molecule has 0 unspecified atom stereocenters. The van der Waals surface area contributed by atoms with Gasteiger partial charge >= 0.3 is 6.03 Å². The molecule has 1 aromatic heterocycles. The molecular formula is C23H27N5O3. The minimum absolute atomic E-state index is 0.0576. The van der Waals surface area contributed by atoms with Crippen LogP contribution >= 0.6 is 0 Å². The Morgan fingerprint density at radius 1 is 0.968 bits per heavy atom. The number of urea groups is 1. The van der Waals surface area contributed by atoms with Gasteiger partial charge in [-0.2, -0.15) is 5.26 Å². The van der Waals surface area contributed by atoms with Crippen LogP contribution in [0.5, 0.6) is 0 Å². The van der Waals surface area contributed by atoms with Crippen LogP contribution in [0.3, 0.4) is 0 Å². The first kappa shape index (κ1) is 20.8. The van der Waals surface area contributed by atoms with E-state index < -0.39 is 0 Å². The van der Waals surface area contributed by atoms with Crippen molar-refractivity contribution in [2.75, 3.05) is 44.2 Å². The van der Waals surface area contributed by atoms with Gasteiger partial charge in [-0.05, 0) is 56.2 Å². The van der Waals surface area contributed by atoms with Crippen molar-refractivity contribution in [2.24, 2.45) is 0 Å². The van der Waals surface area contributed by atoms with E-state index in [1.54, 1.807) is 21.9 Å². The molecule has 0 radical (unpaired) electrons. The van der Waals surface area contributed by atoms with E-state index in [0.29, 0.717) is 43.3 Å². The predicted molar refractivity (Wildman–Crippen MR) is 116 cm³/mol. The summed E-state index contributed by atoms with van der Waals surface area (Å²) in [7, 11) is 0. The third-order valence-corrected chi connectivity index (χ3v) is 5.99. The van der Waals surface area contributed by atoms with Crippen LogP contribution < -0.4 is 10.2 Å². The zero-order valence-electron chi connectivity index (χ0n) is 17.7. The number of amides is 3. The Bertz CT molecular complexity index is 962. The molecule has 2 aliphatic heterocycles. The second-order valence-corrected chi connectivity index (χ2v) is 8.06. The molecule has 8 nitrogen and oxygen atoms in total. The van der Waals surface area contributed by atoms with Gasteiger partial charge in [-0.15, -0.1) is 0 Å². The van der Waals surface area contributed by atoms with Gasteiger partial charge in [0.25, 0.3) is 5.91 Å². The highest BCUT2D eigenvalue weighted by Gasteiger charge is 2.28. The number of hydrogen-bond donors (Lipinski definition) is 1. The molecule has 0 aliphatic carbocycles. The number of piperazine rings is 1. The third kappa shape index (κ3) is 4.82. The smallest absolute Gasteiger partial charge is 0.317 e. The average molecular weight is 422 g/mol. The largest absolute Gasteiger partial charge is 0.456 e. The lowest BCUT2D eigenvalue weighted by Gasteiger charge is -2.37. The summed E-state index contributed by atoms with van der Waals surface area (Å²) in [4.78, 5) is 31.0. The second-order valence-electron chi connectivity index (χ2n) is 8.06. The van der Waals surface area contributed by atoms with Crippen molar-refractivity contribution in [2.45, 2.75) is 25.8 Å². The van der Waals surface area contributed by atoms with E-state index >= 15 is 0 Å². The summed E-state index contributed by atoms with van der Waals surface area (Å²) < 4.78 is 5.42. The van der Waals surface area contributed by atoms with Gasteiger partial charge < -0.3 is 24.4 Å². The van der Waals surface area contributed by atoms with E-state index in [4.69, 9.17) is 9.68 Å². The molecule has 0 saturated carbocycles. The summed E-state index contributed by atoms with van der Waals surface area (Å²) in [6.45, 7) is 5.58. The Balaban J connectivity index is 1.22. The number of hydrogen-bond acceptors (Lipinski definition) is 5. The Kier molecular flexibility index (Phi) is 6.12. The highest BCUT2D eigenvalue weighted by Crippen LogP contribution is 2.21. The van der Waals surface area contributed by atoms with E-state index in [1.165, 1.54) is 0 Å². The van der Waals surface area contributed by atoms with Crippen LogP contribution in [-0.4, -0.2) is 67.0 Å². The van der Waals surface area contributed by atoms with Gasteiger partial charge in [-0.3, -0.25) is 4.79 Å². The SMILES string of the molecule is Cc1ccc(C(=O)N2CCN(C(=O)NC3CCN(c4ccc(C#N)cc4)CC3)CC2)o1. The number of carbonyl (C=O) groups excluding carboxylic acids is 2. The topological polar surface area (TPSA) is 92.8 Å².